The Morgan fingerprint density at radius 2 is 2.10 bits per heavy atom. The number of sulfonamides is 1. The second-order valence-corrected chi connectivity index (χ2v) is 7.06. The lowest BCUT2D eigenvalue weighted by molar-refractivity contribution is -0.118. The highest BCUT2D eigenvalue weighted by atomic mass is 32.2. The van der Waals surface area contributed by atoms with Crippen molar-refractivity contribution in [2.45, 2.75) is 37.1 Å². The van der Waals surface area contributed by atoms with E-state index in [9.17, 15) is 13.2 Å². The first-order chi connectivity index (χ1) is 9.94. The van der Waals surface area contributed by atoms with Crippen LogP contribution in [0.3, 0.4) is 0 Å². The minimum Gasteiger partial charge on any atom is -0.324 e. The fraction of sp³-hybridized carbons (Fsp3) is 0.500. The van der Waals surface area contributed by atoms with E-state index in [2.05, 4.69) is 15.4 Å². The molecule has 1 heterocycles. The van der Waals surface area contributed by atoms with Crippen LogP contribution in [0.15, 0.2) is 23.1 Å². The van der Waals surface area contributed by atoms with Crippen LogP contribution in [0.4, 0.5) is 5.69 Å². The number of aryl methyl sites for hydroxylation is 1. The van der Waals surface area contributed by atoms with Crippen molar-refractivity contribution in [3.63, 3.8) is 0 Å². The Hall–Kier alpha value is -1.44. The number of amides is 1. The molecule has 1 saturated heterocycles. The van der Waals surface area contributed by atoms with E-state index in [4.69, 9.17) is 0 Å². The van der Waals surface area contributed by atoms with Crippen LogP contribution in [-0.2, 0) is 14.8 Å². The van der Waals surface area contributed by atoms with Crippen LogP contribution in [0, 0.1) is 6.92 Å². The zero-order valence-electron chi connectivity index (χ0n) is 12.3. The molecule has 21 heavy (non-hydrogen) atoms. The number of benzene rings is 1. The van der Waals surface area contributed by atoms with E-state index >= 15 is 0 Å². The maximum atomic E-state index is 12.2. The molecule has 1 aliphatic rings. The summed E-state index contributed by atoms with van der Waals surface area (Å²) in [6.07, 6.45) is 2.91. The highest BCUT2D eigenvalue weighted by Gasteiger charge is 2.21. The van der Waals surface area contributed by atoms with Gasteiger partial charge in [-0.05, 0) is 51.1 Å². The molecule has 1 unspecified atom stereocenters. The SMILES string of the molecule is CNS(=O)(=O)c1ccc(C)c(NC(=O)C2CCCCN2)c1. The van der Waals surface area contributed by atoms with Crippen LogP contribution >= 0.6 is 0 Å². The molecule has 116 valence electrons. The van der Waals surface area contributed by atoms with E-state index in [1.54, 1.807) is 6.07 Å². The quantitative estimate of drug-likeness (QED) is 0.773. The Balaban J connectivity index is 2.19. The van der Waals surface area contributed by atoms with Crippen molar-refractivity contribution >= 4 is 21.6 Å². The molecule has 1 amide bonds. The summed E-state index contributed by atoms with van der Waals surface area (Å²) in [5.74, 6) is -0.114. The summed E-state index contributed by atoms with van der Waals surface area (Å²) in [7, 11) is -2.15. The summed E-state index contributed by atoms with van der Waals surface area (Å²) in [5, 5.41) is 5.99. The first-order valence-corrected chi connectivity index (χ1v) is 8.51. The maximum Gasteiger partial charge on any atom is 0.241 e. The van der Waals surface area contributed by atoms with Crippen molar-refractivity contribution in [2.24, 2.45) is 0 Å². The molecular weight excluding hydrogens is 290 g/mol. The van der Waals surface area contributed by atoms with Crippen LogP contribution < -0.4 is 15.4 Å². The molecule has 0 spiro atoms. The minimum absolute atomic E-state index is 0.114. The number of piperidine rings is 1. The van der Waals surface area contributed by atoms with Crippen molar-refractivity contribution in [1.82, 2.24) is 10.0 Å². The second-order valence-electron chi connectivity index (χ2n) is 5.18. The third kappa shape index (κ3) is 3.81. The van der Waals surface area contributed by atoms with Gasteiger partial charge in [0.05, 0.1) is 10.9 Å². The third-order valence-electron chi connectivity index (χ3n) is 3.67. The zero-order valence-corrected chi connectivity index (χ0v) is 13.1. The maximum absolute atomic E-state index is 12.2. The van der Waals surface area contributed by atoms with Gasteiger partial charge in [0.15, 0.2) is 0 Å². The fourth-order valence-electron chi connectivity index (χ4n) is 2.32. The van der Waals surface area contributed by atoms with Gasteiger partial charge in [-0.3, -0.25) is 4.79 Å². The minimum atomic E-state index is -3.52. The lowest BCUT2D eigenvalue weighted by atomic mass is 10.0. The van der Waals surface area contributed by atoms with E-state index < -0.39 is 10.0 Å². The monoisotopic (exact) mass is 311 g/mol. The van der Waals surface area contributed by atoms with E-state index in [1.165, 1.54) is 19.2 Å². The number of rotatable bonds is 4. The molecule has 2 rings (SSSR count). The van der Waals surface area contributed by atoms with Crippen LogP contribution in [0.2, 0.25) is 0 Å². The van der Waals surface area contributed by atoms with Crippen LogP contribution in [0.25, 0.3) is 0 Å². The highest BCUT2D eigenvalue weighted by molar-refractivity contribution is 7.89. The van der Waals surface area contributed by atoms with Gasteiger partial charge < -0.3 is 10.6 Å². The number of hydrogen-bond donors (Lipinski definition) is 3. The summed E-state index contributed by atoms with van der Waals surface area (Å²) in [4.78, 5) is 12.4. The molecule has 3 N–H and O–H groups in total. The lowest BCUT2D eigenvalue weighted by Gasteiger charge is -2.23. The molecule has 7 heteroatoms. The number of carbonyl (C=O) groups excluding carboxylic acids is 1. The van der Waals surface area contributed by atoms with Gasteiger partial charge in [-0.1, -0.05) is 12.5 Å². The van der Waals surface area contributed by atoms with E-state index in [-0.39, 0.29) is 16.8 Å². The van der Waals surface area contributed by atoms with Gasteiger partial charge in [-0.2, -0.15) is 0 Å². The molecule has 1 aromatic carbocycles. The van der Waals surface area contributed by atoms with E-state index in [0.29, 0.717) is 5.69 Å². The molecule has 0 radical (unpaired) electrons. The van der Waals surface area contributed by atoms with Gasteiger partial charge in [-0.25, -0.2) is 13.1 Å². The van der Waals surface area contributed by atoms with Crippen LogP contribution in [0.5, 0.6) is 0 Å². The predicted molar refractivity (Wildman–Crippen MR) is 81.7 cm³/mol. The normalized spacial score (nSPS) is 19.2. The molecule has 0 bridgehead atoms. The topological polar surface area (TPSA) is 87.3 Å². The van der Waals surface area contributed by atoms with E-state index in [1.807, 2.05) is 6.92 Å². The molecule has 1 aliphatic heterocycles. The van der Waals surface area contributed by atoms with Gasteiger partial charge in [0, 0.05) is 5.69 Å². The summed E-state index contributed by atoms with van der Waals surface area (Å²) < 4.78 is 25.9. The van der Waals surface area contributed by atoms with Gasteiger partial charge in [-0.15, -0.1) is 0 Å². The van der Waals surface area contributed by atoms with Gasteiger partial charge in [0.1, 0.15) is 0 Å². The Morgan fingerprint density at radius 3 is 2.71 bits per heavy atom. The molecule has 0 aromatic heterocycles. The summed E-state index contributed by atoms with van der Waals surface area (Å²) >= 11 is 0. The Morgan fingerprint density at radius 1 is 1.33 bits per heavy atom. The largest absolute Gasteiger partial charge is 0.324 e. The summed E-state index contributed by atoms with van der Waals surface area (Å²) in [6.45, 7) is 2.67. The standard InChI is InChI=1S/C14H21N3O3S/c1-10-6-7-11(21(19,20)15-2)9-13(10)17-14(18)12-5-3-4-8-16-12/h6-7,9,12,15-16H,3-5,8H2,1-2H3,(H,17,18). The lowest BCUT2D eigenvalue weighted by Crippen LogP contribution is -2.43. The average molecular weight is 311 g/mol. The van der Waals surface area contributed by atoms with Gasteiger partial charge in [0.2, 0.25) is 15.9 Å². The van der Waals surface area contributed by atoms with Gasteiger partial charge >= 0.3 is 0 Å². The summed E-state index contributed by atoms with van der Waals surface area (Å²) in [5.41, 5.74) is 1.36. The Labute approximate surface area is 125 Å². The number of carbonyl (C=O) groups is 1. The average Bonchev–Trinajstić information content (AvgIpc) is 2.50. The molecule has 1 aromatic rings. The van der Waals surface area contributed by atoms with Crippen molar-refractivity contribution in [3.05, 3.63) is 23.8 Å². The second kappa shape index (κ2) is 6.55. The molecular formula is C14H21N3O3S. The molecule has 1 atom stereocenters. The smallest absolute Gasteiger partial charge is 0.241 e. The number of nitrogens with one attached hydrogen (secondary N) is 3. The van der Waals surface area contributed by atoms with E-state index in [0.717, 1.165) is 31.4 Å². The fourth-order valence-corrected chi connectivity index (χ4v) is 3.07. The Bertz CT molecular complexity index is 622. The molecule has 0 saturated carbocycles. The van der Waals surface area contributed by atoms with Crippen molar-refractivity contribution in [3.8, 4) is 0 Å². The number of anilines is 1. The highest BCUT2D eigenvalue weighted by Crippen LogP contribution is 2.21. The van der Waals surface area contributed by atoms with Crippen LogP contribution in [-0.4, -0.2) is 34.0 Å². The Kier molecular flexibility index (Phi) is 4.97. The first kappa shape index (κ1) is 15.9. The van der Waals surface area contributed by atoms with Crippen molar-refractivity contribution in [1.29, 1.82) is 0 Å². The number of hydrogen-bond acceptors (Lipinski definition) is 4. The first-order valence-electron chi connectivity index (χ1n) is 7.02. The zero-order chi connectivity index (χ0) is 15.5. The molecule has 1 fully saturated rings. The van der Waals surface area contributed by atoms with Gasteiger partial charge in [0.25, 0.3) is 0 Å². The summed E-state index contributed by atoms with van der Waals surface area (Å²) in [6, 6.07) is 4.49. The van der Waals surface area contributed by atoms with Crippen LogP contribution in [0.1, 0.15) is 24.8 Å². The molecule has 6 nitrogen and oxygen atoms in total. The molecule has 0 aliphatic carbocycles. The van der Waals surface area contributed by atoms with Crippen molar-refractivity contribution in [2.75, 3.05) is 18.9 Å². The van der Waals surface area contributed by atoms with Crippen molar-refractivity contribution < 1.29 is 13.2 Å². The third-order valence-corrected chi connectivity index (χ3v) is 5.08. The predicted octanol–water partition coefficient (Wildman–Crippen LogP) is 0.984.